The number of carbonyl (C=O) groups excluding carboxylic acids is 1. The fraction of sp³-hybridized carbons (Fsp3) is 0.412. The lowest BCUT2D eigenvalue weighted by atomic mass is 10.1. The number of piperazine rings is 1. The van der Waals surface area contributed by atoms with Crippen LogP contribution in [0, 0.1) is 0 Å². The van der Waals surface area contributed by atoms with Crippen molar-refractivity contribution in [3.63, 3.8) is 0 Å². The van der Waals surface area contributed by atoms with Gasteiger partial charge >= 0.3 is 0 Å². The van der Waals surface area contributed by atoms with Crippen molar-refractivity contribution in [3.05, 3.63) is 35.9 Å². The Balaban J connectivity index is 1.97. The molecular weight excluding hydrogens is 262 g/mol. The zero-order valence-electron chi connectivity index (χ0n) is 12.6. The molecule has 0 spiro atoms. The van der Waals surface area contributed by atoms with Gasteiger partial charge in [-0.3, -0.25) is 9.69 Å². The molecule has 2 heterocycles. The number of anilines is 1. The normalized spacial score (nSPS) is 19.9. The molecule has 0 aliphatic carbocycles. The average molecular weight is 283 g/mol. The maximum Gasteiger partial charge on any atom is 0.153 e. The molecular formula is C17H21N3O. The highest BCUT2D eigenvalue weighted by Crippen LogP contribution is 2.24. The number of nitrogens with zero attached hydrogens (tertiary/aromatic N) is 3. The highest BCUT2D eigenvalue weighted by molar-refractivity contribution is 5.91. The molecule has 1 fully saturated rings. The average Bonchev–Trinajstić information content (AvgIpc) is 2.53. The second-order valence-electron chi connectivity index (χ2n) is 5.64. The van der Waals surface area contributed by atoms with Gasteiger partial charge in [-0.1, -0.05) is 25.1 Å². The first-order valence-electron chi connectivity index (χ1n) is 7.57. The molecule has 21 heavy (non-hydrogen) atoms. The second-order valence-corrected chi connectivity index (χ2v) is 5.64. The van der Waals surface area contributed by atoms with Gasteiger partial charge in [0.1, 0.15) is 5.82 Å². The van der Waals surface area contributed by atoms with Crippen molar-refractivity contribution in [3.8, 4) is 0 Å². The Morgan fingerprint density at radius 2 is 2.14 bits per heavy atom. The van der Waals surface area contributed by atoms with E-state index in [0.717, 1.165) is 49.2 Å². The van der Waals surface area contributed by atoms with Crippen LogP contribution in [0.2, 0.25) is 0 Å². The summed E-state index contributed by atoms with van der Waals surface area (Å²) in [5, 5.41) is 1.02. The van der Waals surface area contributed by atoms with Crippen LogP contribution in [0.15, 0.2) is 30.3 Å². The number of pyridine rings is 1. The summed E-state index contributed by atoms with van der Waals surface area (Å²) < 4.78 is 0. The molecule has 1 aliphatic rings. The number of fused-ring (bicyclic) bond motifs is 1. The van der Waals surface area contributed by atoms with Gasteiger partial charge in [-0.05, 0) is 25.6 Å². The standard InChI is InChI=1S/C17H21N3O/c1-3-19-8-9-20(11-13(19)2)17-15(12-21)10-14-6-4-5-7-16(14)18-17/h4-7,10,12-13H,3,8-9,11H2,1-2H3. The fourth-order valence-electron chi connectivity index (χ4n) is 3.12. The number of hydrogen-bond donors (Lipinski definition) is 0. The monoisotopic (exact) mass is 283 g/mol. The molecule has 2 aromatic rings. The number of carbonyl (C=O) groups is 1. The van der Waals surface area contributed by atoms with Gasteiger partial charge < -0.3 is 4.90 Å². The van der Waals surface area contributed by atoms with E-state index in [1.807, 2.05) is 30.3 Å². The number of likely N-dealkylation sites (N-methyl/N-ethyl adjacent to an activating group) is 1. The van der Waals surface area contributed by atoms with Gasteiger partial charge in [0.15, 0.2) is 6.29 Å². The minimum atomic E-state index is 0.483. The molecule has 1 aliphatic heterocycles. The van der Waals surface area contributed by atoms with Crippen molar-refractivity contribution in [2.24, 2.45) is 0 Å². The van der Waals surface area contributed by atoms with Gasteiger partial charge in [0.05, 0.1) is 11.1 Å². The molecule has 1 saturated heterocycles. The third-order valence-electron chi connectivity index (χ3n) is 4.33. The Morgan fingerprint density at radius 1 is 1.33 bits per heavy atom. The van der Waals surface area contributed by atoms with Crippen LogP contribution in [-0.2, 0) is 0 Å². The third-order valence-corrected chi connectivity index (χ3v) is 4.33. The number of aromatic nitrogens is 1. The predicted molar refractivity (Wildman–Crippen MR) is 86.1 cm³/mol. The summed E-state index contributed by atoms with van der Waals surface area (Å²) in [6, 6.07) is 10.4. The number of aldehydes is 1. The summed E-state index contributed by atoms with van der Waals surface area (Å²) in [6.45, 7) is 8.35. The summed E-state index contributed by atoms with van der Waals surface area (Å²) in [4.78, 5) is 20.9. The van der Waals surface area contributed by atoms with E-state index < -0.39 is 0 Å². The van der Waals surface area contributed by atoms with Crippen LogP contribution in [0.25, 0.3) is 10.9 Å². The van der Waals surface area contributed by atoms with E-state index in [1.54, 1.807) is 0 Å². The molecule has 0 bridgehead atoms. The lowest BCUT2D eigenvalue weighted by Gasteiger charge is -2.40. The van der Waals surface area contributed by atoms with E-state index in [9.17, 15) is 4.79 Å². The maximum absolute atomic E-state index is 11.4. The topological polar surface area (TPSA) is 36.4 Å². The largest absolute Gasteiger partial charge is 0.353 e. The summed E-state index contributed by atoms with van der Waals surface area (Å²) >= 11 is 0. The van der Waals surface area contributed by atoms with Gasteiger partial charge in [-0.25, -0.2) is 4.98 Å². The van der Waals surface area contributed by atoms with E-state index in [4.69, 9.17) is 4.98 Å². The highest BCUT2D eigenvalue weighted by Gasteiger charge is 2.24. The van der Waals surface area contributed by atoms with E-state index >= 15 is 0 Å². The number of hydrogen-bond acceptors (Lipinski definition) is 4. The second kappa shape index (κ2) is 5.82. The van der Waals surface area contributed by atoms with E-state index in [1.165, 1.54) is 0 Å². The first-order valence-corrected chi connectivity index (χ1v) is 7.57. The van der Waals surface area contributed by atoms with Crippen molar-refractivity contribution >= 4 is 23.0 Å². The molecule has 4 nitrogen and oxygen atoms in total. The predicted octanol–water partition coefficient (Wildman–Crippen LogP) is 2.58. The van der Waals surface area contributed by atoms with Crippen LogP contribution in [0.3, 0.4) is 0 Å². The molecule has 0 amide bonds. The molecule has 1 atom stereocenters. The Labute approximate surface area is 125 Å². The van der Waals surface area contributed by atoms with Crippen molar-refractivity contribution in [2.45, 2.75) is 19.9 Å². The van der Waals surface area contributed by atoms with Crippen molar-refractivity contribution < 1.29 is 4.79 Å². The quantitative estimate of drug-likeness (QED) is 0.811. The smallest absolute Gasteiger partial charge is 0.153 e. The lowest BCUT2D eigenvalue weighted by Crippen LogP contribution is -2.52. The highest BCUT2D eigenvalue weighted by atomic mass is 16.1. The Kier molecular flexibility index (Phi) is 3.88. The lowest BCUT2D eigenvalue weighted by molar-refractivity contribution is 0.112. The molecule has 1 aromatic heterocycles. The maximum atomic E-state index is 11.4. The van der Waals surface area contributed by atoms with Crippen LogP contribution in [0.5, 0.6) is 0 Å². The van der Waals surface area contributed by atoms with Crippen LogP contribution in [-0.4, -0.2) is 48.4 Å². The van der Waals surface area contributed by atoms with Crippen molar-refractivity contribution in [1.29, 1.82) is 0 Å². The van der Waals surface area contributed by atoms with Crippen molar-refractivity contribution in [1.82, 2.24) is 9.88 Å². The minimum Gasteiger partial charge on any atom is -0.353 e. The van der Waals surface area contributed by atoms with E-state index in [-0.39, 0.29) is 0 Å². The zero-order valence-corrected chi connectivity index (χ0v) is 12.6. The van der Waals surface area contributed by atoms with Crippen molar-refractivity contribution in [2.75, 3.05) is 31.1 Å². The summed E-state index contributed by atoms with van der Waals surface area (Å²) in [5.74, 6) is 0.825. The van der Waals surface area contributed by atoms with Gasteiger partial charge in [0, 0.05) is 31.1 Å². The molecule has 3 rings (SSSR count). The number of rotatable bonds is 3. The molecule has 0 radical (unpaired) electrons. The van der Waals surface area contributed by atoms with Gasteiger partial charge in [-0.15, -0.1) is 0 Å². The SMILES string of the molecule is CCN1CCN(c2nc3ccccc3cc2C=O)CC1C. The summed E-state index contributed by atoms with van der Waals surface area (Å²) in [5.41, 5.74) is 1.63. The molecule has 1 aromatic carbocycles. The van der Waals surface area contributed by atoms with Gasteiger partial charge in [0.25, 0.3) is 0 Å². The molecule has 1 unspecified atom stereocenters. The molecule has 0 N–H and O–H groups in total. The number of benzene rings is 1. The van der Waals surface area contributed by atoms with Crippen LogP contribution in [0.4, 0.5) is 5.82 Å². The van der Waals surface area contributed by atoms with Gasteiger partial charge in [-0.2, -0.15) is 0 Å². The van der Waals surface area contributed by atoms with Crippen LogP contribution < -0.4 is 4.90 Å². The Bertz CT molecular complexity index is 656. The summed E-state index contributed by atoms with van der Waals surface area (Å²) in [7, 11) is 0. The van der Waals surface area contributed by atoms with E-state index in [0.29, 0.717) is 11.6 Å². The Morgan fingerprint density at radius 3 is 2.86 bits per heavy atom. The number of para-hydroxylation sites is 1. The fourth-order valence-corrected chi connectivity index (χ4v) is 3.12. The zero-order chi connectivity index (χ0) is 14.8. The molecule has 110 valence electrons. The first kappa shape index (κ1) is 14.0. The minimum absolute atomic E-state index is 0.483. The first-order chi connectivity index (χ1) is 10.2. The van der Waals surface area contributed by atoms with E-state index in [2.05, 4.69) is 23.6 Å². The summed E-state index contributed by atoms with van der Waals surface area (Å²) in [6.07, 6.45) is 0.922. The van der Waals surface area contributed by atoms with Crippen LogP contribution in [0.1, 0.15) is 24.2 Å². The molecule has 0 saturated carbocycles. The van der Waals surface area contributed by atoms with Gasteiger partial charge in [0.2, 0.25) is 0 Å². The third kappa shape index (κ3) is 2.63. The Hall–Kier alpha value is -1.94. The molecule has 4 heteroatoms. The van der Waals surface area contributed by atoms with Crippen LogP contribution >= 0.6 is 0 Å².